The van der Waals surface area contributed by atoms with Gasteiger partial charge in [0.1, 0.15) is 12.0 Å². The molecule has 0 fully saturated rings. The van der Waals surface area contributed by atoms with Crippen molar-refractivity contribution in [3.05, 3.63) is 35.6 Å². The van der Waals surface area contributed by atoms with Crippen molar-refractivity contribution in [1.29, 1.82) is 0 Å². The number of hydrogen-bond acceptors (Lipinski definition) is 3. The van der Waals surface area contributed by atoms with Gasteiger partial charge in [0.05, 0.1) is 11.0 Å². The van der Waals surface area contributed by atoms with Gasteiger partial charge in [-0.2, -0.15) is 0 Å². The lowest BCUT2D eigenvalue weighted by atomic mass is 10.1. The smallest absolute Gasteiger partial charge is 0.160 e. The molecule has 0 saturated carbocycles. The van der Waals surface area contributed by atoms with Crippen LogP contribution in [0.3, 0.4) is 0 Å². The third-order valence-electron chi connectivity index (χ3n) is 2.78. The van der Waals surface area contributed by atoms with E-state index in [-0.39, 0.29) is 0 Å². The molecule has 0 saturated heterocycles. The van der Waals surface area contributed by atoms with Crippen molar-refractivity contribution in [1.82, 2.24) is 15.1 Å². The summed E-state index contributed by atoms with van der Waals surface area (Å²) in [6.45, 7) is 4.17. The Morgan fingerprint density at radius 2 is 2.00 bits per heavy atom. The van der Waals surface area contributed by atoms with Gasteiger partial charge >= 0.3 is 0 Å². The maximum atomic E-state index is 4.80. The van der Waals surface area contributed by atoms with Gasteiger partial charge < -0.3 is 9.51 Å². The highest BCUT2D eigenvalue weighted by molar-refractivity contribution is 5.80. The van der Waals surface area contributed by atoms with Crippen molar-refractivity contribution < 1.29 is 4.52 Å². The average Bonchev–Trinajstić information content (AvgIpc) is 2.86. The second-order valence-corrected chi connectivity index (χ2v) is 3.92. The molecule has 0 bridgehead atoms. The zero-order chi connectivity index (χ0) is 11.1. The Labute approximate surface area is 92.3 Å². The number of H-pyrrole nitrogens is 1. The van der Waals surface area contributed by atoms with Crippen LogP contribution in [-0.2, 0) is 0 Å². The lowest BCUT2D eigenvalue weighted by Gasteiger charge is -1.97. The summed E-state index contributed by atoms with van der Waals surface area (Å²) in [7, 11) is 0. The van der Waals surface area contributed by atoms with Crippen molar-refractivity contribution in [2.75, 3.05) is 0 Å². The van der Waals surface area contributed by atoms with Gasteiger partial charge in [-0.3, -0.25) is 0 Å². The molecule has 0 aliphatic rings. The first-order valence-corrected chi connectivity index (χ1v) is 5.12. The first-order valence-electron chi connectivity index (χ1n) is 5.12. The number of imidazole rings is 1. The summed E-state index contributed by atoms with van der Waals surface area (Å²) in [5, 5.41) is 3.86. The molecule has 3 aromatic rings. The molecular weight excluding hydrogens is 202 g/mol. The quantitative estimate of drug-likeness (QED) is 0.676. The van der Waals surface area contributed by atoms with Crippen LogP contribution in [0.25, 0.3) is 22.6 Å². The number of nitrogens with one attached hydrogen (secondary N) is 1. The van der Waals surface area contributed by atoms with E-state index >= 15 is 0 Å². The molecule has 3 rings (SSSR count). The zero-order valence-corrected chi connectivity index (χ0v) is 9.11. The largest absolute Gasteiger partial charge is 0.364 e. The number of aromatic nitrogens is 3. The molecule has 80 valence electrons. The number of aromatic amines is 1. The molecular formula is C12H11N3O. The fourth-order valence-corrected chi connectivity index (χ4v) is 1.73. The monoisotopic (exact) mass is 213 g/mol. The van der Waals surface area contributed by atoms with E-state index in [1.54, 1.807) is 12.3 Å². The van der Waals surface area contributed by atoms with Crippen molar-refractivity contribution in [2.45, 2.75) is 13.8 Å². The number of nitrogens with zero attached hydrogens (tertiary/aromatic N) is 2. The maximum Gasteiger partial charge on any atom is 0.160 e. The molecule has 0 amide bonds. The topological polar surface area (TPSA) is 54.7 Å². The van der Waals surface area contributed by atoms with Crippen molar-refractivity contribution in [3.8, 4) is 11.5 Å². The molecule has 0 atom stereocenters. The lowest BCUT2D eigenvalue weighted by Crippen LogP contribution is -1.79. The van der Waals surface area contributed by atoms with Crippen LogP contribution in [0.15, 0.2) is 29.0 Å². The summed E-state index contributed by atoms with van der Waals surface area (Å²) in [4.78, 5) is 7.71. The second kappa shape index (κ2) is 3.20. The normalized spacial score (nSPS) is 11.1. The molecule has 0 spiro atoms. The predicted octanol–water partition coefficient (Wildman–Crippen LogP) is 2.83. The van der Waals surface area contributed by atoms with Crippen LogP contribution in [0.1, 0.15) is 11.1 Å². The predicted molar refractivity (Wildman–Crippen MR) is 61.1 cm³/mol. The minimum atomic E-state index is 0.728. The molecule has 0 radical (unpaired) electrons. The summed E-state index contributed by atoms with van der Waals surface area (Å²) < 4.78 is 4.80. The van der Waals surface area contributed by atoms with Gasteiger partial charge in [0.25, 0.3) is 0 Å². The van der Waals surface area contributed by atoms with Crippen molar-refractivity contribution >= 4 is 11.0 Å². The van der Waals surface area contributed by atoms with E-state index in [1.807, 2.05) is 0 Å². The van der Waals surface area contributed by atoms with Crippen molar-refractivity contribution in [2.24, 2.45) is 0 Å². The Kier molecular flexibility index (Phi) is 1.83. The summed E-state index contributed by atoms with van der Waals surface area (Å²) in [5.74, 6) is 0.744. The number of benzene rings is 1. The van der Waals surface area contributed by atoms with Crippen LogP contribution in [0.5, 0.6) is 0 Å². The van der Waals surface area contributed by atoms with E-state index in [0.717, 1.165) is 22.6 Å². The number of fused-ring (bicyclic) bond motifs is 1. The Bertz CT molecular complexity index is 599. The number of rotatable bonds is 1. The molecule has 1 N–H and O–H groups in total. The van der Waals surface area contributed by atoms with Crippen LogP contribution in [0, 0.1) is 13.8 Å². The van der Waals surface area contributed by atoms with Crippen LogP contribution >= 0.6 is 0 Å². The molecule has 0 aliphatic heterocycles. The van der Waals surface area contributed by atoms with Gasteiger partial charge in [-0.25, -0.2) is 4.98 Å². The molecule has 2 aromatic heterocycles. The average molecular weight is 213 g/mol. The maximum absolute atomic E-state index is 4.80. The Hall–Kier alpha value is -2.10. The van der Waals surface area contributed by atoms with Gasteiger partial charge in [-0.15, -0.1) is 0 Å². The standard InChI is InChI=1S/C12H11N3O/c1-7-5-10-11(6-8(7)2)14-12(13-10)9-3-4-16-15-9/h3-6H,1-2H3,(H,13,14). The van der Waals surface area contributed by atoms with E-state index in [0.29, 0.717) is 0 Å². The highest BCUT2D eigenvalue weighted by atomic mass is 16.5. The van der Waals surface area contributed by atoms with Crippen LogP contribution in [-0.4, -0.2) is 15.1 Å². The van der Waals surface area contributed by atoms with E-state index in [1.165, 1.54) is 11.1 Å². The summed E-state index contributed by atoms with van der Waals surface area (Å²) in [6, 6.07) is 5.96. The Balaban J connectivity index is 2.23. The third-order valence-corrected chi connectivity index (χ3v) is 2.78. The molecule has 1 aromatic carbocycles. The highest BCUT2D eigenvalue weighted by Crippen LogP contribution is 2.21. The van der Waals surface area contributed by atoms with Gasteiger partial charge in [0.15, 0.2) is 5.82 Å². The zero-order valence-electron chi connectivity index (χ0n) is 9.11. The number of hydrogen-bond donors (Lipinski definition) is 1. The SMILES string of the molecule is Cc1cc2nc(-c3ccon3)[nH]c2cc1C. The van der Waals surface area contributed by atoms with Gasteiger partial charge in [-0.1, -0.05) is 5.16 Å². The van der Waals surface area contributed by atoms with E-state index in [2.05, 4.69) is 41.1 Å². The fraction of sp³-hybridized carbons (Fsp3) is 0.167. The molecule has 4 heteroatoms. The van der Waals surface area contributed by atoms with E-state index < -0.39 is 0 Å². The summed E-state index contributed by atoms with van der Waals surface area (Å²) >= 11 is 0. The minimum Gasteiger partial charge on any atom is -0.364 e. The van der Waals surface area contributed by atoms with Gasteiger partial charge in [0.2, 0.25) is 0 Å². The van der Waals surface area contributed by atoms with Crippen LogP contribution in [0.2, 0.25) is 0 Å². The molecule has 16 heavy (non-hydrogen) atoms. The van der Waals surface area contributed by atoms with E-state index in [9.17, 15) is 0 Å². The van der Waals surface area contributed by atoms with E-state index in [4.69, 9.17) is 4.52 Å². The first-order chi connectivity index (χ1) is 7.74. The molecule has 0 unspecified atom stereocenters. The third kappa shape index (κ3) is 1.31. The number of aryl methyl sites for hydroxylation is 2. The first kappa shape index (κ1) is 9.15. The molecule has 2 heterocycles. The lowest BCUT2D eigenvalue weighted by molar-refractivity contribution is 0.422. The Morgan fingerprint density at radius 3 is 2.75 bits per heavy atom. The van der Waals surface area contributed by atoms with Crippen LogP contribution in [0.4, 0.5) is 0 Å². The van der Waals surface area contributed by atoms with Gasteiger partial charge in [0, 0.05) is 6.07 Å². The minimum absolute atomic E-state index is 0.728. The summed E-state index contributed by atoms with van der Waals surface area (Å²) in [6.07, 6.45) is 1.54. The van der Waals surface area contributed by atoms with Crippen LogP contribution < -0.4 is 0 Å². The second-order valence-electron chi connectivity index (χ2n) is 3.92. The summed E-state index contributed by atoms with van der Waals surface area (Å²) in [5.41, 5.74) is 5.21. The van der Waals surface area contributed by atoms with Crippen molar-refractivity contribution in [3.63, 3.8) is 0 Å². The highest BCUT2D eigenvalue weighted by Gasteiger charge is 2.08. The van der Waals surface area contributed by atoms with Gasteiger partial charge in [-0.05, 0) is 37.1 Å². The molecule has 0 aliphatic carbocycles. The fourth-order valence-electron chi connectivity index (χ4n) is 1.73. The molecule has 4 nitrogen and oxygen atoms in total. The Morgan fingerprint density at radius 1 is 1.19 bits per heavy atom.